The molecule has 0 spiro atoms. The average molecular weight is 884 g/mol. The molecule has 12 N–H and O–H groups in total. The fourth-order valence-corrected chi connectivity index (χ4v) is 8.32. The number of carbonyl (C=O) groups is 5. The average Bonchev–Trinajstić information content (AvgIpc) is 3.21. The third kappa shape index (κ3) is 10.4. The van der Waals surface area contributed by atoms with Crippen LogP contribution in [0.25, 0.3) is 0 Å². The maximum Gasteiger partial charge on any atom is 0.207 e. The molecule has 5 heterocycles. The minimum atomic E-state index is -1.83. The van der Waals surface area contributed by atoms with E-state index in [1.807, 2.05) is 0 Å². The van der Waals surface area contributed by atoms with E-state index >= 15 is 0 Å². The second-order valence-electron chi connectivity index (χ2n) is 15.5. The number of carbonyl (C=O) groups excluding carboxylic acids is 5. The van der Waals surface area contributed by atoms with Crippen molar-refractivity contribution in [2.45, 2.75) is 188 Å². The summed E-state index contributed by atoms with van der Waals surface area (Å²) in [7, 11) is 0. The number of ether oxygens (including phenoxy) is 9. The molecule has 5 amide bonds. The van der Waals surface area contributed by atoms with Gasteiger partial charge in [0.05, 0.1) is 60.7 Å². The molecule has 5 rings (SSSR count). The predicted octanol–water partition coefficient (Wildman–Crippen LogP) is -8.02. The van der Waals surface area contributed by atoms with Crippen LogP contribution in [0.5, 0.6) is 0 Å². The molecule has 5 saturated heterocycles. The summed E-state index contributed by atoms with van der Waals surface area (Å²) in [4.78, 5) is 57.3. The lowest BCUT2D eigenvalue weighted by Gasteiger charge is -2.51. The minimum absolute atomic E-state index is 0.285. The monoisotopic (exact) mass is 883 g/mol. The van der Waals surface area contributed by atoms with Gasteiger partial charge in [-0.1, -0.05) is 0 Å². The van der Waals surface area contributed by atoms with Gasteiger partial charge >= 0.3 is 0 Å². The van der Waals surface area contributed by atoms with Gasteiger partial charge in [-0.2, -0.15) is 0 Å². The summed E-state index contributed by atoms with van der Waals surface area (Å²) >= 11 is 0. The number of amides is 5. The van der Waals surface area contributed by atoms with Crippen LogP contribution in [-0.2, 0) is 66.6 Å². The van der Waals surface area contributed by atoms with Crippen molar-refractivity contribution in [2.75, 3.05) is 0 Å². The summed E-state index contributed by atoms with van der Waals surface area (Å²) in [5, 5.41) is 90.9. The molecule has 0 aromatic carbocycles. The molecule has 61 heavy (non-hydrogen) atoms. The van der Waals surface area contributed by atoms with Gasteiger partial charge in [0.1, 0.15) is 61.0 Å². The number of aliphatic hydroxyl groups is 7. The van der Waals surface area contributed by atoms with E-state index in [9.17, 15) is 59.7 Å². The lowest BCUT2D eigenvalue weighted by Crippen LogP contribution is -2.70. The van der Waals surface area contributed by atoms with Gasteiger partial charge in [0.2, 0.25) is 32.1 Å². The van der Waals surface area contributed by atoms with Crippen molar-refractivity contribution in [3.05, 3.63) is 0 Å². The predicted molar refractivity (Wildman–Crippen MR) is 194 cm³/mol. The van der Waals surface area contributed by atoms with Crippen molar-refractivity contribution < 1.29 is 102 Å². The summed E-state index contributed by atoms with van der Waals surface area (Å²) in [6, 6.07) is -5.71. The van der Waals surface area contributed by atoms with Crippen molar-refractivity contribution in [3.63, 3.8) is 0 Å². The Bertz CT molecular complexity index is 1460. The number of aliphatic hydroxyl groups excluding tert-OH is 7. The second-order valence-corrected chi connectivity index (χ2v) is 15.5. The van der Waals surface area contributed by atoms with Crippen LogP contribution in [-0.4, -0.2) is 221 Å². The zero-order chi connectivity index (χ0) is 44.9. The molecular formula is C35H57N5O21. The lowest BCUT2D eigenvalue weighted by molar-refractivity contribution is -0.395. The Morgan fingerprint density at radius 1 is 0.344 bits per heavy atom. The van der Waals surface area contributed by atoms with Gasteiger partial charge in [0, 0.05) is 0 Å². The summed E-state index contributed by atoms with van der Waals surface area (Å²) < 4.78 is 54.0. The van der Waals surface area contributed by atoms with E-state index in [2.05, 4.69) is 26.6 Å². The Hall–Kier alpha value is -3.29. The van der Waals surface area contributed by atoms with Crippen molar-refractivity contribution in [1.29, 1.82) is 0 Å². The summed E-state index contributed by atoms with van der Waals surface area (Å²) in [5.41, 5.74) is 0. The number of hydrogen-bond acceptors (Lipinski definition) is 21. The minimum Gasteiger partial charge on any atom is -0.388 e. The van der Waals surface area contributed by atoms with E-state index in [0.29, 0.717) is 25.6 Å². The number of nitrogens with one attached hydrogen (secondary N) is 5. The van der Waals surface area contributed by atoms with Gasteiger partial charge in [-0.3, -0.25) is 24.0 Å². The van der Waals surface area contributed by atoms with Crippen LogP contribution < -0.4 is 26.6 Å². The second kappa shape index (κ2) is 21.4. The highest BCUT2D eigenvalue weighted by atomic mass is 16.8. The molecule has 5 fully saturated rings. The Labute approximate surface area is 348 Å². The molecule has 0 aromatic heterocycles. The first kappa shape index (κ1) is 48.7. The van der Waals surface area contributed by atoms with E-state index in [1.165, 1.54) is 34.6 Å². The largest absolute Gasteiger partial charge is 0.388 e. The molecule has 25 atom stereocenters. The third-order valence-corrected chi connectivity index (χ3v) is 11.6. The molecule has 1 unspecified atom stereocenters. The highest BCUT2D eigenvalue weighted by molar-refractivity contribution is 5.48. The van der Waals surface area contributed by atoms with Crippen molar-refractivity contribution >= 4 is 32.1 Å². The smallest absolute Gasteiger partial charge is 0.207 e. The zero-order valence-corrected chi connectivity index (χ0v) is 33.7. The molecule has 26 heteroatoms. The lowest BCUT2D eigenvalue weighted by atomic mass is 9.93. The number of hydrogen-bond donors (Lipinski definition) is 12. The molecule has 5 aliphatic heterocycles. The zero-order valence-electron chi connectivity index (χ0n) is 33.7. The summed E-state index contributed by atoms with van der Waals surface area (Å²) in [5.74, 6) is 0. The highest BCUT2D eigenvalue weighted by Gasteiger charge is 2.56. The van der Waals surface area contributed by atoms with Crippen molar-refractivity contribution in [1.82, 2.24) is 26.6 Å². The Kier molecular flexibility index (Phi) is 17.1. The SMILES string of the molecule is C[C@H]1O[C@H](O[C@@H]2[C@@H](O[C@@H]3[C@@H](O[C@@H]4[C@@H](O[C@@H]5C(O)O[C@H](C)[C@@H](NC=O)[C@@H]5O)O[C@H](C)[C@@H](NC=O)[C@@H]4O)O[C@H](C)[C@@H](NC=O)[C@@H]3O)O[C@H](C)[C@@H](NC=O)[C@@H]2O)[C@@H](O)[C@@H](O)[C@@H]1NC=O. The fourth-order valence-electron chi connectivity index (χ4n) is 8.32. The fraction of sp³-hybridized carbons (Fsp3) is 0.857. The maximum absolute atomic E-state index is 11.8. The number of rotatable bonds is 18. The topological polar surface area (TPSA) is 370 Å². The van der Waals surface area contributed by atoms with Crippen molar-refractivity contribution in [3.8, 4) is 0 Å². The first-order chi connectivity index (χ1) is 29.0. The van der Waals surface area contributed by atoms with Gasteiger partial charge in [-0.05, 0) is 34.6 Å². The standard InChI is InChI=1S/C35H57N5O21/c1-11-17(37-7-42)22(47)27(31(52)53-11)58-33-29(24(49)19(39-9-44)13(3)55-33)60-35-30(25(50)20(40-10-45)15(5)57-35)61-34-28(23(48)18(38-8-43)14(4)56-34)59-32-26(51)21(46)16(36-6-41)12(2)54-32/h6-35,46-52H,1-5H3,(H,36,41)(H,37,42)(H,38,43)(H,39,44)(H,40,45)/t11-,12-,13-,14-,15-,16-,17-,18-,19-,20-,21+,22+,23+,24+,25+,26+,27+,28+,29+,30+,31?,32-,33-,34-,35-/m1/s1. The van der Waals surface area contributed by atoms with Crippen LogP contribution in [0.1, 0.15) is 34.6 Å². The first-order valence-corrected chi connectivity index (χ1v) is 19.7. The van der Waals surface area contributed by atoms with Gasteiger partial charge in [0.25, 0.3) is 0 Å². The Morgan fingerprint density at radius 2 is 0.590 bits per heavy atom. The van der Waals surface area contributed by atoms with Gasteiger partial charge in [-0.25, -0.2) is 0 Å². The van der Waals surface area contributed by atoms with Crippen LogP contribution in [0.4, 0.5) is 0 Å². The van der Waals surface area contributed by atoms with E-state index in [1.54, 1.807) is 0 Å². The molecule has 0 saturated carbocycles. The van der Waals surface area contributed by atoms with Crippen molar-refractivity contribution in [2.24, 2.45) is 0 Å². The van der Waals surface area contributed by atoms with E-state index in [4.69, 9.17) is 42.6 Å². The van der Waals surface area contributed by atoms with Gasteiger partial charge in [-0.15, -0.1) is 0 Å². The molecule has 0 bridgehead atoms. The Balaban J connectivity index is 1.48. The highest BCUT2D eigenvalue weighted by Crippen LogP contribution is 2.36. The quantitative estimate of drug-likeness (QED) is 0.0569. The van der Waals surface area contributed by atoms with Crippen LogP contribution in [0, 0.1) is 0 Å². The third-order valence-electron chi connectivity index (χ3n) is 11.6. The summed E-state index contributed by atoms with van der Waals surface area (Å²) in [6.07, 6.45) is -29.4. The van der Waals surface area contributed by atoms with E-state index in [0.717, 1.165) is 0 Å². The first-order valence-electron chi connectivity index (χ1n) is 19.7. The molecule has 0 aromatic rings. The van der Waals surface area contributed by atoms with Crippen LogP contribution in [0.15, 0.2) is 0 Å². The maximum atomic E-state index is 11.8. The van der Waals surface area contributed by atoms with E-state index < -0.39 is 153 Å². The molecule has 0 aliphatic carbocycles. The van der Waals surface area contributed by atoms with Crippen LogP contribution >= 0.6 is 0 Å². The van der Waals surface area contributed by atoms with E-state index in [-0.39, 0.29) is 6.41 Å². The molecule has 0 radical (unpaired) electrons. The summed E-state index contributed by atoms with van der Waals surface area (Å²) in [6.45, 7) is 7.33. The van der Waals surface area contributed by atoms with Gasteiger partial charge in [0.15, 0.2) is 31.5 Å². The Morgan fingerprint density at radius 3 is 0.918 bits per heavy atom. The normalized spacial score (nSPS) is 49.1. The van der Waals surface area contributed by atoms with Gasteiger partial charge < -0.3 is 105 Å². The molecule has 348 valence electrons. The molecule has 5 aliphatic rings. The molecular weight excluding hydrogens is 826 g/mol. The van der Waals surface area contributed by atoms with Crippen LogP contribution in [0.3, 0.4) is 0 Å². The van der Waals surface area contributed by atoms with Crippen LogP contribution in [0.2, 0.25) is 0 Å². The molecule has 26 nitrogen and oxygen atoms in total.